The molecule has 5 N–H and O–H groups in total. The molecule has 0 atom stereocenters. The second kappa shape index (κ2) is 8.76. The molecule has 3 aromatic rings. The zero-order chi connectivity index (χ0) is 21.8. The highest BCUT2D eigenvalue weighted by Crippen LogP contribution is 2.30. The molecule has 0 unspecified atom stereocenters. The molecular formula is C21H24N6O3S. The Morgan fingerprint density at radius 2 is 1.81 bits per heavy atom. The number of anilines is 2. The highest BCUT2D eigenvalue weighted by molar-refractivity contribution is 7.92. The van der Waals surface area contributed by atoms with Gasteiger partial charge in [-0.1, -0.05) is 30.3 Å². The van der Waals surface area contributed by atoms with Gasteiger partial charge in [-0.25, -0.2) is 18.4 Å². The molecule has 9 nitrogen and oxygen atoms in total. The van der Waals surface area contributed by atoms with Crippen LogP contribution >= 0.6 is 0 Å². The minimum Gasteiger partial charge on any atom is -0.369 e. The topological polar surface area (TPSA) is 143 Å². The largest absolute Gasteiger partial charge is 0.369 e. The van der Waals surface area contributed by atoms with Crippen molar-refractivity contribution < 1.29 is 13.2 Å². The number of hydrogen-bond donors (Lipinski definition) is 4. The van der Waals surface area contributed by atoms with Gasteiger partial charge in [0.1, 0.15) is 5.82 Å². The summed E-state index contributed by atoms with van der Waals surface area (Å²) in [7, 11) is -3.37. The van der Waals surface area contributed by atoms with Crippen molar-refractivity contribution in [3.8, 4) is 11.3 Å². The SMILES string of the molecule is Nc1ncc(-c2ccc(CNC(=O)Cc3ccc(NS(=O)(=O)CC4CC4)nc3)cc2)[nH]1. The lowest BCUT2D eigenvalue weighted by atomic mass is 10.1. The van der Waals surface area contributed by atoms with Gasteiger partial charge in [-0.15, -0.1) is 0 Å². The van der Waals surface area contributed by atoms with Crippen molar-refractivity contribution in [1.82, 2.24) is 20.3 Å². The van der Waals surface area contributed by atoms with Crippen molar-refractivity contribution in [2.45, 2.75) is 25.8 Å². The van der Waals surface area contributed by atoms with Crippen LogP contribution in [0.5, 0.6) is 0 Å². The van der Waals surface area contributed by atoms with Crippen molar-refractivity contribution in [1.29, 1.82) is 0 Å². The average Bonchev–Trinajstić information content (AvgIpc) is 3.43. The number of carbonyl (C=O) groups excluding carboxylic acids is 1. The minimum absolute atomic E-state index is 0.135. The molecule has 1 saturated carbocycles. The molecule has 1 aliphatic carbocycles. The second-order valence-electron chi connectivity index (χ2n) is 7.71. The molecule has 10 heteroatoms. The quantitative estimate of drug-likeness (QED) is 0.401. The molecule has 1 aromatic carbocycles. The van der Waals surface area contributed by atoms with Crippen molar-refractivity contribution in [2.24, 2.45) is 5.92 Å². The summed E-state index contributed by atoms with van der Waals surface area (Å²) in [5, 5.41) is 2.87. The Bertz CT molecular complexity index is 1150. The number of sulfonamides is 1. The summed E-state index contributed by atoms with van der Waals surface area (Å²) >= 11 is 0. The Morgan fingerprint density at radius 1 is 1.06 bits per heavy atom. The summed E-state index contributed by atoms with van der Waals surface area (Å²) < 4.78 is 26.5. The van der Waals surface area contributed by atoms with Gasteiger partial charge in [-0.05, 0) is 41.5 Å². The number of nitrogens with zero attached hydrogens (tertiary/aromatic N) is 2. The lowest BCUT2D eigenvalue weighted by molar-refractivity contribution is -0.120. The lowest BCUT2D eigenvalue weighted by Gasteiger charge is -2.08. The molecule has 4 rings (SSSR count). The number of aromatic nitrogens is 3. The van der Waals surface area contributed by atoms with Crippen LogP contribution in [0.15, 0.2) is 48.8 Å². The van der Waals surface area contributed by atoms with E-state index in [9.17, 15) is 13.2 Å². The van der Waals surface area contributed by atoms with Crippen molar-refractivity contribution in [2.75, 3.05) is 16.2 Å². The van der Waals surface area contributed by atoms with E-state index in [1.54, 1.807) is 18.3 Å². The van der Waals surface area contributed by atoms with Gasteiger partial charge in [0.25, 0.3) is 0 Å². The maximum absolute atomic E-state index is 12.2. The average molecular weight is 441 g/mol. The summed E-state index contributed by atoms with van der Waals surface area (Å²) in [5.74, 6) is 0.888. The van der Waals surface area contributed by atoms with Crippen molar-refractivity contribution in [3.63, 3.8) is 0 Å². The van der Waals surface area contributed by atoms with Gasteiger partial charge in [-0.2, -0.15) is 0 Å². The van der Waals surface area contributed by atoms with Crippen LogP contribution in [0.4, 0.5) is 11.8 Å². The van der Waals surface area contributed by atoms with Crippen LogP contribution in [-0.4, -0.2) is 35.0 Å². The number of H-pyrrole nitrogens is 1. The molecule has 1 aliphatic rings. The van der Waals surface area contributed by atoms with E-state index in [1.807, 2.05) is 24.3 Å². The molecule has 0 saturated heterocycles. The number of aromatic amines is 1. The van der Waals surface area contributed by atoms with Gasteiger partial charge in [0.15, 0.2) is 5.95 Å². The number of amides is 1. The van der Waals surface area contributed by atoms with Crippen LogP contribution in [0.3, 0.4) is 0 Å². The van der Waals surface area contributed by atoms with E-state index in [0.717, 1.165) is 29.7 Å². The summed E-state index contributed by atoms with van der Waals surface area (Å²) in [6, 6.07) is 11.0. The number of nitrogen functional groups attached to an aromatic ring is 1. The number of rotatable bonds is 9. The molecule has 0 bridgehead atoms. The highest BCUT2D eigenvalue weighted by Gasteiger charge is 2.28. The Balaban J connectivity index is 1.25. The van der Waals surface area contributed by atoms with Gasteiger partial charge < -0.3 is 16.0 Å². The summed E-state index contributed by atoms with van der Waals surface area (Å²) in [6.45, 7) is 0.400. The zero-order valence-electron chi connectivity index (χ0n) is 16.8. The first kappa shape index (κ1) is 20.9. The molecular weight excluding hydrogens is 416 g/mol. The Hall–Kier alpha value is -3.40. The summed E-state index contributed by atoms with van der Waals surface area (Å²) in [5.41, 5.74) is 9.05. The van der Waals surface area contributed by atoms with Crippen LogP contribution in [0, 0.1) is 5.92 Å². The molecule has 0 aliphatic heterocycles. The van der Waals surface area contributed by atoms with E-state index in [-0.39, 0.29) is 29.8 Å². The number of imidazole rings is 1. The van der Waals surface area contributed by atoms with E-state index in [0.29, 0.717) is 18.1 Å². The number of nitrogens with one attached hydrogen (secondary N) is 3. The monoisotopic (exact) mass is 440 g/mol. The zero-order valence-corrected chi connectivity index (χ0v) is 17.7. The first-order chi connectivity index (χ1) is 14.9. The van der Waals surface area contributed by atoms with E-state index in [4.69, 9.17) is 5.73 Å². The van der Waals surface area contributed by atoms with Gasteiger partial charge in [0.05, 0.1) is 24.1 Å². The fourth-order valence-corrected chi connectivity index (χ4v) is 4.60. The Labute approximate surface area is 180 Å². The molecule has 0 spiro atoms. The number of pyridine rings is 1. The molecule has 1 amide bonds. The van der Waals surface area contributed by atoms with Gasteiger partial charge in [0.2, 0.25) is 15.9 Å². The Kier molecular flexibility index (Phi) is 5.90. The van der Waals surface area contributed by atoms with Gasteiger partial charge >= 0.3 is 0 Å². The molecule has 1 fully saturated rings. The second-order valence-corrected chi connectivity index (χ2v) is 9.48. The first-order valence-electron chi connectivity index (χ1n) is 9.98. The molecule has 2 heterocycles. The number of carbonyl (C=O) groups is 1. The Morgan fingerprint density at radius 3 is 2.42 bits per heavy atom. The molecule has 2 aromatic heterocycles. The third-order valence-corrected chi connectivity index (χ3v) is 6.38. The van der Waals surface area contributed by atoms with Crippen LogP contribution in [0.2, 0.25) is 0 Å². The maximum Gasteiger partial charge on any atom is 0.234 e. The fraction of sp³-hybridized carbons (Fsp3) is 0.286. The maximum atomic E-state index is 12.2. The van der Waals surface area contributed by atoms with Crippen LogP contribution < -0.4 is 15.8 Å². The van der Waals surface area contributed by atoms with E-state index in [1.165, 1.54) is 6.20 Å². The predicted molar refractivity (Wildman–Crippen MR) is 118 cm³/mol. The third kappa shape index (κ3) is 6.05. The van der Waals surface area contributed by atoms with Crippen LogP contribution in [-0.2, 0) is 27.8 Å². The van der Waals surface area contributed by atoms with Crippen molar-refractivity contribution >= 4 is 27.7 Å². The van der Waals surface area contributed by atoms with E-state index < -0.39 is 10.0 Å². The van der Waals surface area contributed by atoms with Crippen molar-refractivity contribution in [3.05, 3.63) is 59.9 Å². The lowest BCUT2D eigenvalue weighted by Crippen LogP contribution is -2.24. The predicted octanol–water partition coefficient (Wildman–Crippen LogP) is 2.06. The normalized spacial score (nSPS) is 13.7. The van der Waals surface area contributed by atoms with E-state index >= 15 is 0 Å². The van der Waals surface area contributed by atoms with E-state index in [2.05, 4.69) is 25.0 Å². The fourth-order valence-electron chi connectivity index (χ4n) is 3.12. The van der Waals surface area contributed by atoms with Crippen LogP contribution in [0.1, 0.15) is 24.0 Å². The van der Waals surface area contributed by atoms with Crippen LogP contribution in [0.25, 0.3) is 11.3 Å². The third-order valence-electron chi connectivity index (χ3n) is 4.95. The van der Waals surface area contributed by atoms with Gasteiger partial charge in [0, 0.05) is 12.7 Å². The standard InChI is InChI=1S/C21H24N6O3S/c22-21-25-12-18(26-21)17-6-3-14(4-7-17)10-24-20(28)9-16-5-8-19(23-11-16)27-31(29,30)13-15-1-2-15/h3-8,11-12,15H,1-2,9-10,13H2,(H,23,27)(H,24,28)(H3,22,25,26). The highest BCUT2D eigenvalue weighted by atomic mass is 32.2. The minimum atomic E-state index is -3.37. The number of nitrogens with two attached hydrogens (primary N) is 1. The smallest absolute Gasteiger partial charge is 0.234 e. The molecule has 162 valence electrons. The first-order valence-corrected chi connectivity index (χ1v) is 11.6. The summed E-state index contributed by atoms with van der Waals surface area (Å²) in [4.78, 5) is 23.3. The van der Waals surface area contributed by atoms with Gasteiger partial charge in [-0.3, -0.25) is 9.52 Å². The number of benzene rings is 1. The summed E-state index contributed by atoms with van der Waals surface area (Å²) in [6.07, 6.45) is 5.27. The molecule has 0 radical (unpaired) electrons. The molecule has 31 heavy (non-hydrogen) atoms. The number of hydrogen-bond acceptors (Lipinski definition) is 6.